The molecule has 1 saturated heterocycles. The summed E-state index contributed by atoms with van der Waals surface area (Å²) < 4.78 is 5.22. The number of methoxy groups -OCH3 is 1. The summed E-state index contributed by atoms with van der Waals surface area (Å²) >= 11 is 0. The molecular formula is C28H30N8O2. The summed E-state index contributed by atoms with van der Waals surface area (Å²) in [7, 11) is 1.48. The Balaban J connectivity index is 1.44. The standard InChI is InChI=1S/C28H30N8O2/c1-17-14-20(4-5-21(17)18-7-12-36(13-8-18)11-3-9-29)33-26-24-19(6-10-31-27(24)37)15-22(34-26)23-16-32-25(30)28(35-23)38-2/h4-6,10,14-16,18H,3,7-8,11-13H2,1-2H3,(H2,30,32)(H,31,37)(H,33,34). The number of nitriles is 1. The molecule has 194 valence electrons. The predicted octanol–water partition coefficient (Wildman–Crippen LogP) is 4.12. The molecule has 0 aliphatic carbocycles. The number of piperidine rings is 1. The topological polar surface area (TPSA) is 146 Å². The van der Waals surface area contributed by atoms with Crippen LogP contribution in [0.3, 0.4) is 0 Å². The summed E-state index contributed by atoms with van der Waals surface area (Å²) in [5.41, 5.74) is 9.98. The molecular weight excluding hydrogens is 480 g/mol. The lowest BCUT2D eigenvalue weighted by molar-refractivity contribution is 0.216. The van der Waals surface area contributed by atoms with E-state index in [1.54, 1.807) is 12.3 Å². The second-order valence-corrected chi connectivity index (χ2v) is 9.50. The van der Waals surface area contributed by atoms with Crippen LogP contribution in [0.1, 0.15) is 36.3 Å². The fourth-order valence-corrected chi connectivity index (χ4v) is 5.11. The van der Waals surface area contributed by atoms with E-state index < -0.39 is 0 Å². The summed E-state index contributed by atoms with van der Waals surface area (Å²) in [5, 5.41) is 13.4. The number of aromatic nitrogens is 4. The number of hydrogen-bond acceptors (Lipinski definition) is 9. The molecule has 0 amide bonds. The number of H-pyrrole nitrogens is 1. The first-order chi connectivity index (χ1) is 18.5. The summed E-state index contributed by atoms with van der Waals surface area (Å²) in [6.07, 6.45) is 5.88. The van der Waals surface area contributed by atoms with Gasteiger partial charge in [-0.05, 0) is 79.6 Å². The average Bonchev–Trinajstić information content (AvgIpc) is 2.92. The van der Waals surface area contributed by atoms with Gasteiger partial charge in [-0.1, -0.05) is 6.07 Å². The molecule has 10 nitrogen and oxygen atoms in total. The average molecular weight is 511 g/mol. The van der Waals surface area contributed by atoms with Crippen molar-refractivity contribution in [3.63, 3.8) is 0 Å². The van der Waals surface area contributed by atoms with E-state index in [0.29, 0.717) is 34.9 Å². The van der Waals surface area contributed by atoms with E-state index in [2.05, 4.69) is 50.3 Å². The van der Waals surface area contributed by atoms with Crippen LogP contribution in [0, 0.1) is 18.3 Å². The number of nitrogens with two attached hydrogens (primary N) is 1. The van der Waals surface area contributed by atoms with Crippen molar-refractivity contribution in [1.82, 2.24) is 24.8 Å². The van der Waals surface area contributed by atoms with E-state index in [9.17, 15) is 4.79 Å². The van der Waals surface area contributed by atoms with Gasteiger partial charge in [-0.3, -0.25) is 4.79 Å². The Hall–Kier alpha value is -4.49. The molecule has 0 saturated carbocycles. The van der Waals surface area contributed by atoms with Gasteiger partial charge >= 0.3 is 0 Å². The van der Waals surface area contributed by atoms with E-state index in [0.717, 1.165) is 43.5 Å². The zero-order valence-electron chi connectivity index (χ0n) is 21.5. The monoisotopic (exact) mass is 510 g/mol. The molecule has 1 aliphatic rings. The van der Waals surface area contributed by atoms with Gasteiger partial charge in [0.15, 0.2) is 5.82 Å². The van der Waals surface area contributed by atoms with E-state index in [1.807, 2.05) is 12.1 Å². The first-order valence-corrected chi connectivity index (χ1v) is 12.6. The van der Waals surface area contributed by atoms with Crippen molar-refractivity contribution in [2.75, 3.05) is 37.8 Å². The maximum atomic E-state index is 12.8. The third kappa shape index (κ3) is 5.14. The number of nitrogens with zero attached hydrogens (tertiary/aromatic N) is 5. The molecule has 4 aromatic rings. The van der Waals surface area contributed by atoms with E-state index >= 15 is 0 Å². The highest BCUT2D eigenvalue weighted by Gasteiger charge is 2.22. The van der Waals surface area contributed by atoms with Crippen molar-refractivity contribution >= 4 is 28.1 Å². The van der Waals surface area contributed by atoms with Crippen LogP contribution in [0.4, 0.5) is 17.3 Å². The second kappa shape index (κ2) is 10.9. The molecule has 0 radical (unpaired) electrons. The van der Waals surface area contributed by atoms with Crippen molar-refractivity contribution in [2.45, 2.75) is 32.1 Å². The molecule has 4 heterocycles. The number of ether oxygens (including phenoxy) is 1. The van der Waals surface area contributed by atoms with Crippen LogP contribution in [0.2, 0.25) is 0 Å². The largest absolute Gasteiger partial charge is 0.478 e. The molecule has 1 aliphatic heterocycles. The summed E-state index contributed by atoms with van der Waals surface area (Å²) in [5.74, 6) is 1.32. The molecule has 10 heteroatoms. The molecule has 3 aromatic heterocycles. The number of anilines is 3. The van der Waals surface area contributed by atoms with Gasteiger partial charge in [0.25, 0.3) is 11.4 Å². The van der Waals surface area contributed by atoms with Gasteiger partial charge < -0.3 is 25.7 Å². The maximum Gasteiger partial charge on any atom is 0.259 e. The fraction of sp³-hybridized carbons (Fsp3) is 0.321. The smallest absolute Gasteiger partial charge is 0.259 e. The number of aryl methyl sites for hydroxylation is 1. The Kier molecular flexibility index (Phi) is 7.20. The number of nitrogen functional groups attached to an aromatic ring is 1. The van der Waals surface area contributed by atoms with Crippen molar-refractivity contribution in [1.29, 1.82) is 5.26 Å². The highest BCUT2D eigenvalue weighted by Crippen LogP contribution is 2.33. The van der Waals surface area contributed by atoms with Gasteiger partial charge in [0, 0.05) is 24.8 Å². The molecule has 0 spiro atoms. The van der Waals surface area contributed by atoms with Gasteiger partial charge in [-0.25, -0.2) is 15.0 Å². The number of pyridine rings is 2. The Labute approximate surface area is 220 Å². The number of hydrogen-bond donors (Lipinski definition) is 3. The number of benzene rings is 1. The molecule has 0 atom stereocenters. The lowest BCUT2D eigenvalue weighted by atomic mass is 9.86. The summed E-state index contributed by atoms with van der Waals surface area (Å²) in [4.78, 5) is 31.2. The molecule has 4 N–H and O–H groups in total. The molecule has 0 unspecified atom stereocenters. The number of aromatic amines is 1. The van der Waals surface area contributed by atoms with Crippen molar-refractivity contribution in [3.05, 3.63) is 64.2 Å². The van der Waals surface area contributed by atoms with Gasteiger partial charge in [0.1, 0.15) is 11.5 Å². The van der Waals surface area contributed by atoms with Crippen LogP contribution < -0.4 is 21.3 Å². The van der Waals surface area contributed by atoms with E-state index in [-0.39, 0.29) is 17.3 Å². The third-order valence-corrected chi connectivity index (χ3v) is 7.08. The van der Waals surface area contributed by atoms with Crippen LogP contribution in [0.5, 0.6) is 5.88 Å². The van der Waals surface area contributed by atoms with Crippen LogP contribution in [0.25, 0.3) is 22.2 Å². The molecule has 5 rings (SSSR count). The first-order valence-electron chi connectivity index (χ1n) is 12.6. The minimum atomic E-state index is -0.235. The van der Waals surface area contributed by atoms with Crippen LogP contribution in [-0.4, -0.2) is 51.6 Å². The molecule has 1 aromatic carbocycles. The highest BCUT2D eigenvalue weighted by molar-refractivity contribution is 5.95. The summed E-state index contributed by atoms with van der Waals surface area (Å²) in [6.45, 7) is 4.98. The van der Waals surface area contributed by atoms with E-state index in [4.69, 9.17) is 20.7 Å². The minimum absolute atomic E-state index is 0.190. The Morgan fingerprint density at radius 1 is 1.21 bits per heavy atom. The summed E-state index contributed by atoms with van der Waals surface area (Å²) in [6, 6.07) is 12.2. The molecule has 38 heavy (non-hydrogen) atoms. The highest BCUT2D eigenvalue weighted by atomic mass is 16.5. The number of fused-ring (bicyclic) bond motifs is 1. The van der Waals surface area contributed by atoms with Crippen LogP contribution in [-0.2, 0) is 0 Å². The normalized spacial score (nSPS) is 14.3. The lowest BCUT2D eigenvalue weighted by Crippen LogP contribution is -2.33. The van der Waals surface area contributed by atoms with Gasteiger partial charge in [0.05, 0.1) is 30.5 Å². The number of nitrogens with one attached hydrogen (secondary N) is 2. The zero-order chi connectivity index (χ0) is 26.6. The van der Waals surface area contributed by atoms with Crippen molar-refractivity contribution in [3.8, 4) is 23.3 Å². The number of rotatable bonds is 7. The van der Waals surface area contributed by atoms with Crippen LogP contribution >= 0.6 is 0 Å². The predicted molar refractivity (Wildman–Crippen MR) is 147 cm³/mol. The van der Waals surface area contributed by atoms with Gasteiger partial charge in [-0.15, -0.1) is 0 Å². The minimum Gasteiger partial charge on any atom is -0.478 e. The quantitative estimate of drug-likeness (QED) is 0.334. The van der Waals surface area contributed by atoms with Gasteiger partial charge in [-0.2, -0.15) is 5.26 Å². The van der Waals surface area contributed by atoms with Gasteiger partial charge in [0.2, 0.25) is 0 Å². The lowest BCUT2D eigenvalue weighted by Gasteiger charge is -2.32. The van der Waals surface area contributed by atoms with Crippen molar-refractivity contribution in [2.24, 2.45) is 0 Å². The van der Waals surface area contributed by atoms with Crippen LogP contribution in [0.15, 0.2) is 47.5 Å². The number of likely N-dealkylation sites (tertiary alicyclic amines) is 1. The Bertz CT molecular complexity index is 1570. The molecule has 1 fully saturated rings. The fourth-order valence-electron chi connectivity index (χ4n) is 5.11. The second-order valence-electron chi connectivity index (χ2n) is 9.50. The third-order valence-electron chi connectivity index (χ3n) is 7.08. The Morgan fingerprint density at radius 2 is 2.03 bits per heavy atom. The maximum absolute atomic E-state index is 12.8. The SMILES string of the molecule is COc1nc(-c2cc3cc[nH]c(=O)c3c(Nc3ccc(C4CCN(CCC#N)CC4)c(C)c3)n2)cnc1N. The first kappa shape index (κ1) is 25.2. The van der Waals surface area contributed by atoms with E-state index in [1.165, 1.54) is 24.4 Å². The Morgan fingerprint density at radius 3 is 2.76 bits per heavy atom. The van der Waals surface area contributed by atoms with Crippen molar-refractivity contribution < 1.29 is 4.74 Å². The molecule has 0 bridgehead atoms. The zero-order valence-corrected chi connectivity index (χ0v) is 21.5.